The minimum absolute atomic E-state index is 0.00426. The summed E-state index contributed by atoms with van der Waals surface area (Å²) in [5.74, 6) is -7.93. The third-order valence-electron chi connectivity index (χ3n) is 14.1. The standard InChI is InChI=1S/C54H97N5O13/c1-20-33(6)48(58(17)51(66)37(31(2)3)27-43(62)47(32(4)5)57(15)16)44(69-18)29-45(63)59-25-21-22-40(59)49(70-19)34(7)41(60)28-38(35(8)71-53(9,10)11)50(65)56-39(23-24-46(64)72-54(12,13)14)42(61)26-36(30-55)52(67)68/h31-40,44,47-49H,20-30,55H2,1-19H3,(H,56,65)(H,67,68)/t33-,34-,35+,36-,37-,38-,39-,40-,44+,47-,48-,49+/m0/s1. The first kappa shape index (κ1) is 66.2. The first-order valence-electron chi connectivity index (χ1n) is 26.2. The van der Waals surface area contributed by atoms with E-state index in [0.717, 1.165) is 0 Å². The van der Waals surface area contributed by atoms with E-state index in [1.165, 1.54) is 14.2 Å². The minimum Gasteiger partial charge on any atom is -0.481 e. The van der Waals surface area contributed by atoms with Gasteiger partial charge in [-0.1, -0.05) is 54.9 Å². The number of amides is 3. The first-order valence-corrected chi connectivity index (χ1v) is 26.2. The van der Waals surface area contributed by atoms with Crippen LogP contribution in [0.2, 0.25) is 0 Å². The summed E-state index contributed by atoms with van der Waals surface area (Å²) in [4.78, 5) is 115. The second-order valence-electron chi connectivity index (χ2n) is 23.1. The molecule has 3 amide bonds. The lowest BCUT2D eigenvalue weighted by Gasteiger charge is -2.41. The second kappa shape index (κ2) is 29.9. The molecule has 1 aliphatic rings. The van der Waals surface area contributed by atoms with Gasteiger partial charge in [0.15, 0.2) is 11.6 Å². The number of esters is 1. The SMILES string of the molecule is CC[C@H](C)[C@@H]([C@@H](CC(=O)N1CCC[C@H]1[C@H](OC)[C@@H](C)C(=O)C[C@H](C(=O)N[C@@H](CCC(=O)OC(C)(C)C)C(=O)C[C@@H](CN)C(=O)O)[C@@H](C)OC(C)(C)C)OC)N(C)C(=O)[C@@H](CC(=O)[C@H](C(C)C)N(C)C)C(C)C. The maximum absolute atomic E-state index is 14.6. The molecule has 72 heavy (non-hydrogen) atoms. The highest BCUT2D eigenvalue weighted by atomic mass is 16.6. The van der Waals surface area contributed by atoms with E-state index < -0.39 is 101 Å². The predicted octanol–water partition coefficient (Wildman–Crippen LogP) is 5.73. The van der Waals surface area contributed by atoms with Crippen LogP contribution < -0.4 is 11.1 Å². The van der Waals surface area contributed by atoms with Crippen molar-refractivity contribution in [1.82, 2.24) is 20.0 Å². The molecule has 18 nitrogen and oxygen atoms in total. The minimum atomic E-state index is -1.31. The van der Waals surface area contributed by atoms with Gasteiger partial charge in [0.25, 0.3) is 0 Å². The molecule has 0 saturated carbocycles. The Kier molecular flexibility index (Phi) is 27.5. The number of carbonyl (C=O) groups is 8. The Morgan fingerprint density at radius 1 is 0.778 bits per heavy atom. The Labute approximate surface area is 432 Å². The summed E-state index contributed by atoms with van der Waals surface area (Å²) in [6.45, 7) is 25.8. The number of Topliss-reactive ketones (excluding diaryl/α,β-unsaturated/α-hetero) is 3. The Bertz CT molecular complexity index is 1780. The van der Waals surface area contributed by atoms with Crippen LogP contribution in [-0.4, -0.2) is 169 Å². The van der Waals surface area contributed by atoms with E-state index in [9.17, 15) is 43.5 Å². The summed E-state index contributed by atoms with van der Waals surface area (Å²) in [5.41, 5.74) is 4.11. The Hall–Kier alpha value is -3.84. The fourth-order valence-corrected chi connectivity index (χ4v) is 10.2. The summed E-state index contributed by atoms with van der Waals surface area (Å²) in [7, 11) is 8.48. The topological polar surface area (TPSA) is 241 Å². The monoisotopic (exact) mass is 1020 g/mol. The molecule has 0 aromatic heterocycles. The lowest BCUT2D eigenvalue weighted by atomic mass is 9.83. The molecule has 416 valence electrons. The van der Waals surface area contributed by atoms with Crippen molar-refractivity contribution in [1.29, 1.82) is 0 Å². The van der Waals surface area contributed by atoms with E-state index in [4.69, 9.17) is 24.7 Å². The zero-order chi connectivity index (χ0) is 55.7. The molecular weight excluding hydrogens is 927 g/mol. The van der Waals surface area contributed by atoms with Crippen LogP contribution in [0.4, 0.5) is 0 Å². The second-order valence-corrected chi connectivity index (χ2v) is 23.1. The van der Waals surface area contributed by atoms with Gasteiger partial charge in [-0.05, 0) is 99.6 Å². The van der Waals surface area contributed by atoms with E-state index in [-0.39, 0.29) is 85.8 Å². The first-order chi connectivity index (χ1) is 33.2. The summed E-state index contributed by atoms with van der Waals surface area (Å²) >= 11 is 0. The number of hydrogen-bond acceptors (Lipinski definition) is 14. The number of nitrogens with one attached hydrogen (secondary N) is 1. The molecule has 1 aliphatic heterocycles. The van der Waals surface area contributed by atoms with Crippen molar-refractivity contribution in [2.24, 2.45) is 47.2 Å². The molecule has 1 heterocycles. The number of likely N-dealkylation sites (N-methyl/N-ethyl adjacent to an activating group) is 2. The molecule has 0 unspecified atom stereocenters. The van der Waals surface area contributed by atoms with Crippen LogP contribution in [0.15, 0.2) is 0 Å². The van der Waals surface area contributed by atoms with E-state index in [2.05, 4.69) is 5.32 Å². The van der Waals surface area contributed by atoms with Gasteiger partial charge < -0.3 is 44.9 Å². The van der Waals surface area contributed by atoms with Crippen LogP contribution in [0.25, 0.3) is 0 Å². The molecule has 0 radical (unpaired) electrons. The molecule has 0 aliphatic carbocycles. The summed E-state index contributed by atoms with van der Waals surface area (Å²) in [6, 6.07) is -2.66. The fraction of sp³-hybridized carbons (Fsp3) is 0.852. The molecule has 1 fully saturated rings. The van der Waals surface area contributed by atoms with E-state index >= 15 is 0 Å². The van der Waals surface area contributed by atoms with Crippen molar-refractivity contribution in [3.63, 3.8) is 0 Å². The van der Waals surface area contributed by atoms with Gasteiger partial charge >= 0.3 is 11.9 Å². The smallest absolute Gasteiger partial charge is 0.308 e. The van der Waals surface area contributed by atoms with Gasteiger partial charge in [-0.25, -0.2) is 0 Å². The maximum atomic E-state index is 14.6. The third kappa shape index (κ3) is 20.5. The summed E-state index contributed by atoms with van der Waals surface area (Å²) in [6.07, 6.45) is -1.73. The Morgan fingerprint density at radius 3 is 1.82 bits per heavy atom. The number of carboxylic acids is 1. The van der Waals surface area contributed by atoms with Crippen molar-refractivity contribution in [2.45, 2.75) is 208 Å². The number of aliphatic carboxylic acids is 1. The molecule has 1 rings (SSSR count). The number of hydrogen-bond donors (Lipinski definition) is 3. The van der Waals surface area contributed by atoms with Crippen molar-refractivity contribution in [2.75, 3.05) is 48.5 Å². The van der Waals surface area contributed by atoms with Gasteiger partial charge in [0, 0.05) is 71.9 Å². The number of likely N-dealkylation sites (tertiary alicyclic amines) is 1. The number of ether oxygens (including phenoxy) is 4. The molecular formula is C54H97N5O13. The van der Waals surface area contributed by atoms with Gasteiger partial charge in [0.05, 0.1) is 66.3 Å². The number of nitrogens with zero attached hydrogens (tertiary/aromatic N) is 3. The molecule has 12 atom stereocenters. The average Bonchev–Trinajstić information content (AvgIpc) is 3.75. The number of rotatable bonds is 32. The normalized spacial score (nSPS) is 19.1. The van der Waals surface area contributed by atoms with E-state index in [1.54, 1.807) is 72.2 Å². The van der Waals surface area contributed by atoms with Gasteiger partial charge in [-0.3, -0.25) is 43.3 Å². The third-order valence-corrected chi connectivity index (χ3v) is 14.1. The van der Waals surface area contributed by atoms with Crippen LogP contribution >= 0.6 is 0 Å². The van der Waals surface area contributed by atoms with Gasteiger partial charge in [-0.2, -0.15) is 0 Å². The lowest BCUT2D eigenvalue weighted by molar-refractivity contribution is -0.155. The molecule has 1 saturated heterocycles. The zero-order valence-electron chi connectivity index (χ0n) is 47.6. The molecule has 0 spiro atoms. The zero-order valence-corrected chi connectivity index (χ0v) is 47.6. The van der Waals surface area contributed by atoms with Crippen molar-refractivity contribution in [3.8, 4) is 0 Å². The van der Waals surface area contributed by atoms with Crippen LogP contribution in [0.1, 0.15) is 155 Å². The van der Waals surface area contributed by atoms with Crippen molar-refractivity contribution in [3.05, 3.63) is 0 Å². The molecule has 4 N–H and O–H groups in total. The van der Waals surface area contributed by atoms with Crippen LogP contribution in [-0.2, 0) is 57.3 Å². The number of nitrogens with two attached hydrogens (primary N) is 1. The Balaban J connectivity index is 3.54. The molecule has 0 aromatic rings. The highest BCUT2D eigenvalue weighted by Gasteiger charge is 2.44. The molecule has 18 heteroatoms. The summed E-state index contributed by atoms with van der Waals surface area (Å²) < 4.78 is 23.8. The van der Waals surface area contributed by atoms with Crippen LogP contribution in [0.5, 0.6) is 0 Å². The van der Waals surface area contributed by atoms with Gasteiger partial charge in [0.1, 0.15) is 11.4 Å². The van der Waals surface area contributed by atoms with Crippen LogP contribution in [0.3, 0.4) is 0 Å². The maximum Gasteiger partial charge on any atom is 0.308 e. The summed E-state index contributed by atoms with van der Waals surface area (Å²) in [5, 5.41) is 12.4. The molecule has 0 bridgehead atoms. The van der Waals surface area contributed by atoms with Crippen molar-refractivity contribution >= 4 is 47.0 Å². The predicted molar refractivity (Wildman–Crippen MR) is 277 cm³/mol. The highest BCUT2D eigenvalue weighted by Crippen LogP contribution is 2.33. The average molecular weight is 1020 g/mol. The van der Waals surface area contributed by atoms with E-state index in [0.29, 0.717) is 25.8 Å². The van der Waals surface area contributed by atoms with Crippen molar-refractivity contribution < 1.29 is 62.4 Å². The van der Waals surface area contributed by atoms with Gasteiger partial charge in [0.2, 0.25) is 17.7 Å². The molecule has 0 aromatic carbocycles. The van der Waals surface area contributed by atoms with Gasteiger partial charge in [-0.15, -0.1) is 0 Å². The van der Waals surface area contributed by atoms with Crippen LogP contribution in [0, 0.1) is 41.4 Å². The largest absolute Gasteiger partial charge is 0.481 e. The fourth-order valence-electron chi connectivity index (χ4n) is 10.2. The number of ketones is 3. The quantitative estimate of drug-likeness (QED) is 0.0682. The Morgan fingerprint density at radius 2 is 1.36 bits per heavy atom. The lowest BCUT2D eigenvalue weighted by Crippen LogP contribution is -2.54. The van der Waals surface area contributed by atoms with E-state index in [1.807, 2.05) is 60.5 Å². The number of carboxylic acid groups (broad SMARTS) is 1. The highest BCUT2D eigenvalue weighted by molar-refractivity contribution is 5.94. The number of methoxy groups -OCH3 is 2. The number of carbonyl (C=O) groups excluding carboxylic acids is 7.